The number of amides is 1. The van der Waals surface area contributed by atoms with E-state index in [2.05, 4.69) is 61.6 Å². The molecule has 2 aromatic rings. The smallest absolute Gasteiger partial charge is 0.253 e. The van der Waals surface area contributed by atoms with E-state index < -0.39 is 0 Å². The Bertz CT molecular complexity index is 807. The molecule has 0 bridgehead atoms. The Balaban J connectivity index is 1.63. The number of rotatable bonds is 6. The SMILES string of the molecule is CCN1CCN(C(C)CNC(=O)c2cc(C)n(-c3ccc(Br)cc3)c2C)CC1. The highest BCUT2D eigenvalue weighted by Gasteiger charge is 2.22. The van der Waals surface area contributed by atoms with Gasteiger partial charge in [-0.15, -0.1) is 0 Å². The van der Waals surface area contributed by atoms with Crippen molar-refractivity contribution < 1.29 is 4.79 Å². The molecule has 1 atom stereocenters. The lowest BCUT2D eigenvalue weighted by Gasteiger charge is -2.37. The fourth-order valence-electron chi connectivity index (χ4n) is 3.97. The van der Waals surface area contributed by atoms with Crippen LogP contribution >= 0.6 is 15.9 Å². The summed E-state index contributed by atoms with van der Waals surface area (Å²) in [5, 5.41) is 3.15. The van der Waals surface area contributed by atoms with E-state index in [9.17, 15) is 4.79 Å². The van der Waals surface area contributed by atoms with Crippen molar-refractivity contribution >= 4 is 21.8 Å². The first-order valence-electron chi connectivity index (χ1n) is 10.1. The zero-order valence-corrected chi connectivity index (χ0v) is 18.9. The number of likely N-dealkylation sites (N-methyl/N-ethyl adjacent to an activating group) is 1. The summed E-state index contributed by atoms with van der Waals surface area (Å²) in [6.07, 6.45) is 0. The van der Waals surface area contributed by atoms with Crippen molar-refractivity contribution in [2.24, 2.45) is 0 Å². The standard InChI is InChI=1S/C22H31BrN4O/c1-5-25-10-12-26(13-11-25)17(3)15-24-22(28)21-14-16(2)27(18(21)4)20-8-6-19(23)7-9-20/h6-9,14,17H,5,10-13,15H2,1-4H3,(H,24,28). The average molecular weight is 447 g/mol. The average Bonchev–Trinajstić information content (AvgIpc) is 3.01. The molecule has 1 amide bonds. The normalized spacial score (nSPS) is 16.9. The summed E-state index contributed by atoms with van der Waals surface area (Å²) >= 11 is 3.48. The molecule has 1 N–H and O–H groups in total. The number of carbonyl (C=O) groups excluding carboxylic acids is 1. The summed E-state index contributed by atoms with van der Waals surface area (Å²) in [5.41, 5.74) is 3.86. The van der Waals surface area contributed by atoms with Crippen molar-refractivity contribution in [1.82, 2.24) is 19.7 Å². The van der Waals surface area contributed by atoms with Gasteiger partial charge in [0.25, 0.3) is 5.91 Å². The molecular formula is C22H31BrN4O. The Morgan fingerprint density at radius 3 is 2.39 bits per heavy atom. The summed E-state index contributed by atoms with van der Waals surface area (Å²) in [6.45, 7) is 14.6. The van der Waals surface area contributed by atoms with Crippen LogP contribution in [0.4, 0.5) is 0 Å². The third-order valence-electron chi connectivity index (χ3n) is 5.80. The fraction of sp³-hybridized carbons (Fsp3) is 0.500. The molecule has 2 heterocycles. The van der Waals surface area contributed by atoms with Gasteiger partial charge in [0.05, 0.1) is 5.56 Å². The number of aromatic nitrogens is 1. The Morgan fingerprint density at radius 1 is 1.14 bits per heavy atom. The van der Waals surface area contributed by atoms with E-state index in [0.717, 1.165) is 59.8 Å². The minimum Gasteiger partial charge on any atom is -0.350 e. The summed E-state index contributed by atoms with van der Waals surface area (Å²) in [7, 11) is 0. The Labute approximate surface area is 176 Å². The first kappa shape index (κ1) is 21.1. The second kappa shape index (κ2) is 9.25. The minimum atomic E-state index is 0.00973. The number of hydrogen-bond donors (Lipinski definition) is 1. The van der Waals surface area contributed by atoms with Gasteiger partial charge in [-0.05, 0) is 57.6 Å². The number of aryl methyl sites for hydroxylation is 1. The number of benzene rings is 1. The number of nitrogens with one attached hydrogen (secondary N) is 1. The Hall–Kier alpha value is -1.63. The number of halogens is 1. The molecular weight excluding hydrogens is 416 g/mol. The number of carbonyl (C=O) groups is 1. The van der Waals surface area contributed by atoms with Crippen LogP contribution in [0.15, 0.2) is 34.8 Å². The van der Waals surface area contributed by atoms with Crippen LogP contribution < -0.4 is 5.32 Å². The highest BCUT2D eigenvalue weighted by molar-refractivity contribution is 9.10. The van der Waals surface area contributed by atoms with Crippen LogP contribution in [-0.4, -0.2) is 65.6 Å². The maximum Gasteiger partial charge on any atom is 0.253 e. The highest BCUT2D eigenvalue weighted by atomic mass is 79.9. The molecule has 152 valence electrons. The molecule has 1 aliphatic rings. The van der Waals surface area contributed by atoms with Crippen LogP contribution in [0.1, 0.15) is 35.6 Å². The van der Waals surface area contributed by atoms with Gasteiger partial charge in [-0.1, -0.05) is 22.9 Å². The molecule has 5 nitrogen and oxygen atoms in total. The van der Waals surface area contributed by atoms with E-state index in [1.165, 1.54) is 0 Å². The number of nitrogens with zero attached hydrogens (tertiary/aromatic N) is 3. The van der Waals surface area contributed by atoms with Crippen LogP contribution in [0, 0.1) is 13.8 Å². The summed E-state index contributed by atoms with van der Waals surface area (Å²) in [4.78, 5) is 17.8. The minimum absolute atomic E-state index is 0.00973. The van der Waals surface area contributed by atoms with E-state index in [4.69, 9.17) is 0 Å². The largest absolute Gasteiger partial charge is 0.350 e. The van der Waals surface area contributed by atoms with Crippen molar-refractivity contribution in [3.8, 4) is 5.69 Å². The highest BCUT2D eigenvalue weighted by Crippen LogP contribution is 2.22. The molecule has 1 unspecified atom stereocenters. The quantitative estimate of drug-likeness (QED) is 0.736. The van der Waals surface area contributed by atoms with Crippen LogP contribution in [0.3, 0.4) is 0 Å². The Morgan fingerprint density at radius 2 is 1.79 bits per heavy atom. The van der Waals surface area contributed by atoms with Gasteiger partial charge in [-0.3, -0.25) is 9.69 Å². The lowest BCUT2D eigenvalue weighted by atomic mass is 10.2. The van der Waals surface area contributed by atoms with Crippen molar-refractivity contribution in [3.63, 3.8) is 0 Å². The lowest BCUT2D eigenvalue weighted by molar-refractivity contribution is 0.0882. The van der Waals surface area contributed by atoms with Crippen molar-refractivity contribution in [1.29, 1.82) is 0 Å². The molecule has 3 rings (SSSR count). The zero-order valence-electron chi connectivity index (χ0n) is 17.3. The molecule has 1 fully saturated rings. The van der Waals surface area contributed by atoms with E-state index in [0.29, 0.717) is 12.6 Å². The van der Waals surface area contributed by atoms with Crippen molar-refractivity contribution in [3.05, 3.63) is 51.8 Å². The third kappa shape index (κ3) is 4.67. The van der Waals surface area contributed by atoms with E-state index in [1.54, 1.807) is 0 Å². The molecule has 6 heteroatoms. The number of piperazine rings is 1. The lowest BCUT2D eigenvalue weighted by Crippen LogP contribution is -2.52. The molecule has 0 saturated carbocycles. The summed E-state index contributed by atoms with van der Waals surface area (Å²) in [5.74, 6) is 0.00973. The predicted molar refractivity (Wildman–Crippen MR) is 118 cm³/mol. The number of hydrogen-bond acceptors (Lipinski definition) is 3. The van der Waals surface area contributed by atoms with Crippen molar-refractivity contribution in [2.75, 3.05) is 39.3 Å². The van der Waals surface area contributed by atoms with Crippen molar-refractivity contribution in [2.45, 2.75) is 33.7 Å². The first-order chi connectivity index (χ1) is 13.4. The van der Waals surface area contributed by atoms with Crippen LogP contribution in [0.5, 0.6) is 0 Å². The van der Waals surface area contributed by atoms with Gasteiger partial charge in [0, 0.05) is 60.3 Å². The van der Waals surface area contributed by atoms with Crippen LogP contribution in [0.25, 0.3) is 5.69 Å². The Kier molecular flexibility index (Phi) is 6.96. The van der Waals surface area contributed by atoms with Gasteiger partial charge in [0.15, 0.2) is 0 Å². The van der Waals surface area contributed by atoms with Gasteiger partial charge in [-0.2, -0.15) is 0 Å². The van der Waals surface area contributed by atoms with Crippen LogP contribution in [-0.2, 0) is 0 Å². The van der Waals surface area contributed by atoms with Gasteiger partial charge in [0.2, 0.25) is 0 Å². The van der Waals surface area contributed by atoms with Gasteiger partial charge in [-0.25, -0.2) is 0 Å². The second-order valence-corrected chi connectivity index (χ2v) is 8.54. The molecule has 28 heavy (non-hydrogen) atoms. The zero-order chi connectivity index (χ0) is 20.3. The second-order valence-electron chi connectivity index (χ2n) is 7.63. The van der Waals surface area contributed by atoms with Gasteiger partial charge in [0.1, 0.15) is 0 Å². The molecule has 0 spiro atoms. The van der Waals surface area contributed by atoms with Crippen LogP contribution in [0.2, 0.25) is 0 Å². The van der Waals surface area contributed by atoms with Gasteiger partial charge >= 0.3 is 0 Å². The maximum atomic E-state index is 12.8. The maximum absolute atomic E-state index is 12.8. The third-order valence-corrected chi connectivity index (χ3v) is 6.32. The topological polar surface area (TPSA) is 40.5 Å². The molecule has 1 aromatic carbocycles. The molecule has 0 aliphatic carbocycles. The molecule has 1 saturated heterocycles. The summed E-state index contributed by atoms with van der Waals surface area (Å²) < 4.78 is 3.18. The molecule has 1 aliphatic heterocycles. The molecule has 1 aromatic heterocycles. The first-order valence-corrected chi connectivity index (χ1v) is 10.9. The monoisotopic (exact) mass is 446 g/mol. The van der Waals surface area contributed by atoms with E-state index >= 15 is 0 Å². The molecule has 0 radical (unpaired) electrons. The predicted octanol–water partition coefficient (Wildman–Crippen LogP) is 3.61. The summed E-state index contributed by atoms with van der Waals surface area (Å²) in [6, 6.07) is 10.5. The van der Waals surface area contributed by atoms with Gasteiger partial charge < -0.3 is 14.8 Å². The van der Waals surface area contributed by atoms with E-state index in [1.807, 2.05) is 32.0 Å². The van der Waals surface area contributed by atoms with E-state index in [-0.39, 0.29) is 5.91 Å². The fourth-order valence-corrected chi connectivity index (χ4v) is 4.23.